The fraction of sp³-hybridized carbons (Fsp3) is 0.364. The highest BCUT2D eigenvalue weighted by molar-refractivity contribution is 14.1. The Morgan fingerprint density at radius 1 is 0.896 bits per heavy atom. The number of likely N-dealkylation sites (tertiary alicyclic amines) is 2. The molecule has 4 aromatic carbocycles. The number of carbonyl (C=O) groups excluding carboxylic acids is 2. The number of nitrogens with zero attached hydrogens (tertiary/aromatic N) is 3. The molecule has 10 nitrogen and oxygen atoms in total. The molecule has 0 spiro atoms. The van der Waals surface area contributed by atoms with Crippen molar-refractivity contribution in [2.45, 2.75) is 76.6 Å². The molecule has 12 heteroatoms. The minimum absolute atomic E-state index is 0.0625. The lowest BCUT2D eigenvalue weighted by Crippen LogP contribution is -2.66. The average Bonchev–Trinajstić information content (AvgIpc) is 3.59. The largest absolute Gasteiger partial charge is 0.504 e. The van der Waals surface area contributed by atoms with E-state index in [2.05, 4.69) is 89.6 Å². The second-order valence-corrected chi connectivity index (χ2v) is 24.6. The molecule has 2 fully saturated rings. The molecule has 350 valence electrons. The minimum Gasteiger partial charge on any atom is -0.504 e. The van der Waals surface area contributed by atoms with Crippen molar-refractivity contribution < 1.29 is 34.1 Å². The van der Waals surface area contributed by atoms with Gasteiger partial charge in [0.25, 0.3) is 8.32 Å². The fourth-order valence-corrected chi connectivity index (χ4v) is 16.1. The predicted octanol–water partition coefficient (Wildman–Crippen LogP) is 8.23. The van der Waals surface area contributed by atoms with Crippen LogP contribution in [0.4, 0.5) is 0 Å². The lowest BCUT2D eigenvalue weighted by molar-refractivity contribution is -0.144. The number of methoxy groups -OCH3 is 1. The van der Waals surface area contributed by atoms with E-state index in [1.807, 2.05) is 84.9 Å². The summed E-state index contributed by atoms with van der Waals surface area (Å²) >= 11 is 2.08. The second-order valence-electron chi connectivity index (χ2n) is 19.2. The van der Waals surface area contributed by atoms with Gasteiger partial charge < -0.3 is 24.5 Å². The van der Waals surface area contributed by atoms with Crippen LogP contribution in [0, 0.1) is 21.3 Å². The number of benzene rings is 4. The van der Waals surface area contributed by atoms with Crippen LogP contribution in [0.2, 0.25) is 5.04 Å². The molecular formula is C55H62IN3O7Si. The van der Waals surface area contributed by atoms with E-state index in [-0.39, 0.29) is 48.1 Å². The number of aliphatic hydroxyl groups excluding tert-OH is 2. The summed E-state index contributed by atoms with van der Waals surface area (Å²) in [5.41, 5.74) is 4.95. The van der Waals surface area contributed by atoms with Crippen LogP contribution in [0.25, 0.3) is 11.6 Å². The van der Waals surface area contributed by atoms with Gasteiger partial charge in [-0.3, -0.25) is 24.4 Å². The number of aromatic nitrogens is 1. The highest BCUT2D eigenvalue weighted by Crippen LogP contribution is 2.48. The molecule has 1 aliphatic carbocycles. The van der Waals surface area contributed by atoms with Gasteiger partial charge in [0.15, 0.2) is 11.5 Å². The zero-order valence-electron chi connectivity index (χ0n) is 38.9. The summed E-state index contributed by atoms with van der Waals surface area (Å²) in [6.07, 6.45) is 4.86. The van der Waals surface area contributed by atoms with Crippen molar-refractivity contribution in [3.05, 3.63) is 159 Å². The predicted molar refractivity (Wildman–Crippen MR) is 274 cm³/mol. The number of pyridine rings is 1. The van der Waals surface area contributed by atoms with E-state index in [9.17, 15) is 24.9 Å². The van der Waals surface area contributed by atoms with Crippen LogP contribution in [0.3, 0.4) is 0 Å². The summed E-state index contributed by atoms with van der Waals surface area (Å²) in [4.78, 5) is 38.2. The summed E-state index contributed by atoms with van der Waals surface area (Å²) in [5, 5.41) is 36.7. The summed E-state index contributed by atoms with van der Waals surface area (Å²) in [6, 6.07) is 40.2. The monoisotopic (exact) mass is 1030 g/mol. The van der Waals surface area contributed by atoms with Gasteiger partial charge >= 0.3 is 0 Å². The van der Waals surface area contributed by atoms with Crippen LogP contribution in [-0.2, 0) is 20.6 Å². The van der Waals surface area contributed by atoms with E-state index < -0.39 is 38.8 Å². The number of phenolic OH excluding ortho intramolecular Hbond substituents is 1. The van der Waals surface area contributed by atoms with Crippen LogP contribution < -0.4 is 15.1 Å². The Labute approximate surface area is 409 Å². The molecule has 2 aliphatic heterocycles. The van der Waals surface area contributed by atoms with Crippen molar-refractivity contribution in [3.8, 4) is 11.5 Å². The lowest BCUT2D eigenvalue weighted by atomic mass is 9.68. The smallest absolute Gasteiger partial charge is 0.261 e. The van der Waals surface area contributed by atoms with Gasteiger partial charge in [-0.05, 0) is 128 Å². The Bertz CT molecular complexity index is 2520. The summed E-state index contributed by atoms with van der Waals surface area (Å²) in [6.45, 7) is 8.70. The molecule has 0 bridgehead atoms. The molecular weight excluding hydrogens is 970 g/mol. The first-order chi connectivity index (χ1) is 32.3. The van der Waals surface area contributed by atoms with Crippen molar-refractivity contribution in [2.75, 3.05) is 33.4 Å². The second kappa shape index (κ2) is 21.1. The number of carbonyl (C=O) groups is 2. The van der Waals surface area contributed by atoms with E-state index in [0.717, 1.165) is 52.4 Å². The van der Waals surface area contributed by atoms with Crippen LogP contribution in [0.15, 0.2) is 139 Å². The molecule has 3 aliphatic rings. The third kappa shape index (κ3) is 10.1. The highest BCUT2D eigenvalue weighted by Gasteiger charge is 2.57. The van der Waals surface area contributed by atoms with Crippen LogP contribution in [-0.4, -0.2) is 95.8 Å². The normalized spacial score (nSPS) is 20.3. The molecule has 2 amide bonds. The zero-order chi connectivity index (χ0) is 47.3. The number of allylic oxidation sites excluding steroid dienone is 1. The van der Waals surface area contributed by atoms with Gasteiger partial charge in [-0.25, -0.2) is 0 Å². The molecule has 5 aromatic rings. The Hall–Kier alpha value is -4.96. The summed E-state index contributed by atoms with van der Waals surface area (Å²) in [5.74, 6) is -2.32. The van der Waals surface area contributed by atoms with Crippen molar-refractivity contribution in [1.29, 1.82) is 0 Å². The van der Waals surface area contributed by atoms with Crippen molar-refractivity contribution in [1.82, 2.24) is 14.8 Å². The van der Waals surface area contributed by atoms with E-state index >= 15 is 0 Å². The third-order valence-electron chi connectivity index (χ3n) is 14.1. The van der Waals surface area contributed by atoms with E-state index in [0.29, 0.717) is 34.2 Å². The standard InChI is InChI=1S/C55H62IN3O7Si/c1-55(2,3)67(42-18-10-6-11-19-42,43-20-12-7-13-21-43)66-36-40-33-44-51(54(64)59(53(44)63)41-25-28-58(29-26-41)34-37-16-8-5-9-17-37)45(35-60)50(40)48(61)24-23-39(47-22-14-15-27-57-47)30-38-31-46(56)52(62)49(32-38)65-4/h5-22,27,30-32,41,44-45,48,51,60-62H,23-26,28-29,33-36H2,1-4H3/b39-30-/t44-,45+,48-,51-/m1/s1. The quantitative estimate of drug-likeness (QED) is 0.0387. The van der Waals surface area contributed by atoms with Crippen molar-refractivity contribution in [3.63, 3.8) is 0 Å². The number of piperidine rings is 1. The maximum absolute atomic E-state index is 14.8. The first-order valence-corrected chi connectivity index (χ1v) is 26.4. The first-order valence-electron chi connectivity index (χ1n) is 23.4. The number of phenols is 1. The van der Waals surface area contributed by atoms with Crippen LogP contribution >= 0.6 is 22.6 Å². The molecule has 0 unspecified atom stereocenters. The zero-order valence-corrected chi connectivity index (χ0v) is 42.0. The molecule has 4 atom stereocenters. The average molecular weight is 1030 g/mol. The van der Waals surface area contributed by atoms with Gasteiger partial charge in [0, 0.05) is 37.8 Å². The van der Waals surface area contributed by atoms with Gasteiger partial charge in [-0.1, -0.05) is 118 Å². The number of hydrogen-bond donors (Lipinski definition) is 3. The number of rotatable bonds is 16. The number of ether oxygens (including phenoxy) is 1. The van der Waals surface area contributed by atoms with E-state index in [4.69, 9.17) is 9.16 Å². The van der Waals surface area contributed by atoms with Crippen molar-refractivity contribution >= 4 is 64.7 Å². The third-order valence-corrected chi connectivity index (χ3v) is 19.9. The molecule has 2 saturated heterocycles. The van der Waals surface area contributed by atoms with Gasteiger partial charge in [0.1, 0.15) is 0 Å². The maximum Gasteiger partial charge on any atom is 0.261 e. The molecule has 3 N–H and O–H groups in total. The van der Waals surface area contributed by atoms with E-state index in [1.54, 1.807) is 12.3 Å². The van der Waals surface area contributed by atoms with Gasteiger partial charge in [-0.15, -0.1) is 0 Å². The fourth-order valence-electron chi connectivity index (χ4n) is 10.9. The Balaban J connectivity index is 1.15. The van der Waals surface area contributed by atoms with Gasteiger partial charge in [0.2, 0.25) is 11.8 Å². The number of aromatic hydroxyl groups is 1. The number of fused-ring (bicyclic) bond motifs is 1. The van der Waals surface area contributed by atoms with Gasteiger partial charge in [0.05, 0.1) is 47.5 Å². The number of hydrogen-bond acceptors (Lipinski definition) is 9. The summed E-state index contributed by atoms with van der Waals surface area (Å²) in [7, 11) is -1.59. The van der Waals surface area contributed by atoms with Crippen LogP contribution in [0.5, 0.6) is 11.5 Å². The molecule has 0 saturated carbocycles. The lowest BCUT2D eigenvalue weighted by Gasteiger charge is -2.44. The molecule has 1 aromatic heterocycles. The SMILES string of the molecule is COc1cc(/C=C(/CC[C@@H](O)C2=C(CO[Si](c3ccccc3)(c3ccccc3)C(C)(C)C)C[C@H]3C(=O)N(C4CCN(Cc5ccccc5)CC4)C(=O)[C@H]3[C@H]2CO)c2ccccn2)cc(I)c1O. The Kier molecular flexibility index (Phi) is 15.3. The molecule has 0 radical (unpaired) electrons. The number of amides is 2. The first kappa shape index (κ1) is 48.5. The summed E-state index contributed by atoms with van der Waals surface area (Å²) < 4.78 is 13.6. The molecule has 8 rings (SSSR count). The Morgan fingerprint density at radius 3 is 2.10 bits per heavy atom. The van der Waals surface area contributed by atoms with Crippen LogP contribution in [0.1, 0.15) is 69.7 Å². The topological polar surface area (TPSA) is 133 Å². The number of halogens is 1. The molecule has 67 heavy (non-hydrogen) atoms. The minimum atomic E-state index is -3.10. The Morgan fingerprint density at radius 2 is 1.52 bits per heavy atom. The maximum atomic E-state index is 14.8. The number of imide groups is 1. The van der Waals surface area contributed by atoms with Gasteiger partial charge in [-0.2, -0.15) is 0 Å². The highest BCUT2D eigenvalue weighted by atomic mass is 127. The molecule has 3 heterocycles. The van der Waals surface area contributed by atoms with E-state index in [1.165, 1.54) is 17.6 Å². The number of aliphatic hydroxyl groups is 2. The van der Waals surface area contributed by atoms with Crippen molar-refractivity contribution in [2.24, 2.45) is 17.8 Å².